The van der Waals surface area contributed by atoms with Crippen molar-refractivity contribution in [3.63, 3.8) is 0 Å². The first kappa shape index (κ1) is 8.74. The fraction of sp³-hybridized carbons (Fsp3) is 0.625. The minimum Gasteiger partial charge on any atom is -0.130 e. The minimum atomic E-state index is -0.833. The molecule has 0 saturated carbocycles. The van der Waals surface area contributed by atoms with E-state index >= 15 is 0 Å². The third-order valence-corrected chi connectivity index (χ3v) is 2.43. The summed E-state index contributed by atoms with van der Waals surface area (Å²) < 4.78 is 0. The molecule has 0 N–H and O–H groups in total. The first-order valence-electron chi connectivity index (χ1n) is 3.42. The van der Waals surface area contributed by atoms with Crippen LogP contribution < -0.4 is 0 Å². The lowest BCUT2D eigenvalue weighted by Crippen LogP contribution is -2.17. The molecule has 0 rings (SSSR count). The van der Waals surface area contributed by atoms with Gasteiger partial charge in [-0.2, -0.15) is 0 Å². The quantitative estimate of drug-likeness (QED) is 0.408. The van der Waals surface area contributed by atoms with Gasteiger partial charge in [-0.3, -0.25) is 0 Å². The van der Waals surface area contributed by atoms with E-state index in [1.807, 2.05) is 13.0 Å². The van der Waals surface area contributed by atoms with Crippen molar-refractivity contribution in [2.24, 2.45) is 0 Å². The molecule has 0 aromatic rings. The van der Waals surface area contributed by atoms with E-state index in [0.717, 1.165) is 0 Å². The van der Waals surface area contributed by atoms with Crippen molar-refractivity contribution in [3.8, 4) is 0 Å². The van der Waals surface area contributed by atoms with E-state index in [2.05, 4.69) is 31.4 Å². The van der Waals surface area contributed by atoms with Gasteiger partial charge in [-0.05, 0) is 25.1 Å². The Hall–Kier alpha value is -0.263. The number of allylic oxidation sites excluding steroid dienone is 1. The first-order chi connectivity index (χ1) is 4.06. The molecule has 0 aromatic heterocycles. The Morgan fingerprint density at radius 1 is 1.33 bits per heavy atom. The van der Waals surface area contributed by atoms with Crippen LogP contribution in [0.4, 0.5) is 0 Å². The smallest absolute Gasteiger partial charge is 0.0487 e. The van der Waals surface area contributed by atoms with Gasteiger partial charge in [0, 0.05) is 8.07 Å². The average molecular weight is 140 g/mol. The predicted molar refractivity (Wildman–Crippen MR) is 46.5 cm³/mol. The van der Waals surface area contributed by atoms with E-state index in [1.165, 1.54) is 6.04 Å². The van der Waals surface area contributed by atoms with E-state index in [9.17, 15) is 0 Å². The summed E-state index contributed by atoms with van der Waals surface area (Å²) in [7, 11) is -0.833. The number of rotatable bonds is 2. The molecule has 0 aliphatic carbocycles. The third-order valence-electron chi connectivity index (χ3n) is 0.999. The molecule has 0 aliphatic heterocycles. The lowest BCUT2D eigenvalue weighted by Gasteiger charge is -2.10. The predicted octanol–water partition coefficient (Wildman–Crippen LogP) is 3.06. The SMILES string of the molecule is CC=C=CC[Si](C)(C)C. The second kappa shape index (κ2) is 3.70. The molecule has 9 heavy (non-hydrogen) atoms. The van der Waals surface area contributed by atoms with Gasteiger partial charge >= 0.3 is 0 Å². The van der Waals surface area contributed by atoms with Crippen molar-refractivity contribution >= 4 is 8.07 Å². The maximum Gasteiger partial charge on any atom is 0.0487 e. The topological polar surface area (TPSA) is 0 Å². The highest BCUT2D eigenvalue weighted by molar-refractivity contribution is 6.76. The lowest BCUT2D eigenvalue weighted by atomic mass is 10.6. The molecule has 0 atom stereocenters. The zero-order chi connectivity index (χ0) is 7.33. The lowest BCUT2D eigenvalue weighted by molar-refractivity contribution is 1.51. The maximum absolute atomic E-state index is 3.09. The van der Waals surface area contributed by atoms with E-state index in [0.29, 0.717) is 0 Å². The summed E-state index contributed by atoms with van der Waals surface area (Å²) in [6.45, 7) is 9.09. The molecule has 0 nitrogen and oxygen atoms in total. The largest absolute Gasteiger partial charge is 0.130 e. The molecule has 0 amide bonds. The van der Waals surface area contributed by atoms with Gasteiger partial charge in [0.15, 0.2) is 0 Å². The molecule has 0 spiro atoms. The summed E-state index contributed by atoms with van der Waals surface area (Å²) in [6, 6.07) is 1.25. The van der Waals surface area contributed by atoms with Crippen LogP contribution in [0, 0.1) is 0 Å². The van der Waals surface area contributed by atoms with E-state index in [1.54, 1.807) is 0 Å². The van der Waals surface area contributed by atoms with Crippen molar-refractivity contribution in [3.05, 3.63) is 17.9 Å². The van der Waals surface area contributed by atoms with Crippen molar-refractivity contribution < 1.29 is 0 Å². The van der Waals surface area contributed by atoms with Crippen molar-refractivity contribution in [2.75, 3.05) is 0 Å². The van der Waals surface area contributed by atoms with Crippen LogP contribution >= 0.6 is 0 Å². The Kier molecular flexibility index (Phi) is 3.60. The van der Waals surface area contributed by atoms with Crippen molar-refractivity contribution in [1.82, 2.24) is 0 Å². The molecular weight excluding hydrogens is 124 g/mol. The fourth-order valence-corrected chi connectivity index (χ4v) is 1.21. The van der Waals surface area contributed by atoms with Gasteiger partial charge in [0.25, 0.3) is 0 Å². The monoisotopic (exact) mass is 140 g/mol. The standard InChI is InChI=1S/C8H16Si/c1-5-6-7-8-9(2,3)4/h5,7H,8H2,1-4H3. The summed E-state index contributed by atoms with van der Waals surface area (Å²) in [5, 5.41) is 0. The van der Waals surface area contributed by atoms with Gasteiger partial charge in [-0.15, -0.1) is 5.73 Å². The summed E-state index contributed by atoms with van der Waals surface area (Å²) in [5.74, 6) is 0. The Labute approximate surface area is 59.3 Å². The molecule has 0 aliphatic rings. The highest BCUT2D eigenvalue weighted by Crippen LogP contribution is 2.07. The first-order valence-corrected chi connectivity index (χ1v) is 7.12. The zero-order valence-electron chi connectivity index (χ0n) is 6.86. The molecule has 0 saturated heterocycles. The molecule has 52 valence electrons. The highest BCUT2D eigenvalue weighted by Gasteiger charge is 2.08. The number of hydrogen-bond donors (Lipinski definition) is 0. The van der Waals surface area contributed by atoms with Crippen LogP contribution in [0.5, 0.6) is 0 Å². The number of hydrogen-bond acceptors (Lipinski definition) is 0. The highest BCUT2D eigenvalue weighted by atomic mass is 28.3. The Balaban J connectivity index is 3.64. The Bertz CT molecular complexity index is 122. The zero-order valence-corrected chi connectivity index (χ0v) is 7.86. The second-order valence-corrected chi connectivity index (χ2v) is 8.95. The van der Waals surface area contributed by atoms with Crippen LogP contribution in [0.1, 0.15) is 6.92 Å². The van der Waals surface area contributed by atoms with E-state index < -0.39 is 8.07 Å². The van der Waals surface area contributed by atoms with Gasteiger partial charge in [-0.25, -0.2) is 0 Å². The molecule has 0 unspecified atom stereocenters. The molecule has 0 bridgehead atoms. The van der Waals surface area contributed by atoms with Crippen LogP contribution in [0.2, 0.25) is 25.7 Å². The average Bonchev–Trinajstić information content (AvgIpc) is 1.63. The van der Waals surface area contributed by atoms with Crippen LogP contribution in [-0.2, 0) is 0 Å². The van der Waals surface area contributed by atoms with Gasteiger partial charge in [0.05, 0.1) is 0 Å². The molecule has 0 radical (unpaired) electrons. The van der Waals surface area contributed by atoms with Gasteiger partial charge in [-0.1, -0.05) is 19.6 Å². The molecule has 0 fully saturated rings. The maximum atomic E-state index is 3.09. The Morgan fingerprint density at radius 3 is 2.22 bits per heavy atom. The van der Waals surface area contributed by atoms with E-state index in [4.69, 9.17) is 0 Å². The van der Waals surface area contributed by atoms with Crippen molar-refractivity contribution in [2.45, 2.75) is 32.6 Å². The van der Waals surface area contributed by atoms with Crippen LogP contribution in [0.3, 0.4) is 0 Å². The summed E-state index contributed by atoms with van der Waals surface area (Å²) >= 11 is 0. The van der Waals surface area contributed by atoms with Crippen LogP contribution in [0.25, 0.3) is 0 Å². The van der Waals surface area contributed by atoms with Crippen LogP contribution in [-0.4, -0.2) is 8.07 Å². The molecule has 0 aromatic carbocycles. The van der Waals surface area contributed by atoms with E-state index in [-0.39, 0.29) is 0 Å². The van der Waals surface area contributed by atoms with Gasteiger partial charge < -0.3 is 0 Å². The summed E-state index contributed by atoms with van der Waals surface area (Å²) in [4.78, 5) is 0. The molecule has 1 heteroatoms. The summed E-state index contributed by atoms with van der Waals surface area (Å²) in [5.41, 5.74) is 3.09. The second-order valence-electron chi connectivity index (χ2n) is 3.42. The normalized spacial score (nSPS) is 10.2. The summed E-state index contributed by atoms with van der Waals surface area (Å²) in [6.07, 6.45) is 4.10. The third kappa shape index (κ3) is 7.74. The minimum absolute atomic E-state index is 0.833. The van der Waals surface area contributed by atoms with Crippen molar-refractivity contribution in [1.29, 1.82) is 0 Å². The Morgan fingerprint density at radius 2 is 1.89 bits per heavy atom. The van der Waals surface area contributed by atoms with Gasteiger partial charge in [0.2, 0.25) is 0 Å². The van der Waals surface area contributed by atoms with Gasteiger partial charge in [0.1, 0.15) is 0 Å². The molecule has 0 heterocycles. The molecular formula is C8H16Si. The fourth-order valence-electron chi connectivity index (χ4n) is 0.483. The van der Waals surface area contributed by atoms with Crippen LogP contribution in [0.15, 0.2) is 17.9 Å².